The van der Waals surface area contributed by atoms with E-state index in [1.165, 1.54) is 0 Å². The number of aliphatic hydroxyl groups excluding tert-OH is 1. The average Bonchev–Trinajstić information content (AvgIpc) is 3.02. The number of aryl methyl sites for hydroxylation is 1. The number of ether oxygens (including phenoxy) is 1. The Morgan fingerprint density at radius 3 is 3.04 bits per heavy atom. The van der Waals surface area contributed by atoms with E-state index >= 15 is 0 Å². The minimum absolute atomic E-state index is 0.0396. The highest BCUT2D eigenvalue weighted by Gasteiger charge is 2.26. The highest BCUT2D eigenvalue weighted by atomic mass is 16.5. The van der Waals surface area contributed by atoms with Crippen LogP contribution in [0, 0.1) is 5.92 Å². The first kappa shape index (κ1) is 18.8. The first-order chi connectivity index (χ1) is 11.5. The zero-order valence-electron chi connectivity index (χ0n) is 14.8. The van der Waals surface area contributed by atoms with Gasteiger partial charge in [0.25, 0.3) is 0 Å². The van der Waals surface area contributed by atoms with Gasteiger partial charge in [-0.3, -0.25) is 9.48 Å². The van der Waals surface area contributed by atoms with Crippen LogP contribution in [0.2, 0.25) is 0 Å². The van der Waals surface area contributed by atoms with Gasteiger partial charge in [0, 0.05) is 32.0 Å². The lowest BCUT2D eigenvalue weighted by Crippen LogP contribution is -2.46. The summed E-state index contributed by atoms with van der Waals surface area (Å²) in [6.07, 6.45) is 2.95. The Morgan fingerprint density at radius 2 is 2.33 bits per heavy atom. The van der Waals surface area contributed by atoms with Crippen molar-refractivity contribution in [2.45, 2.75) is 52.0 Å². The van der Waals surface area contributed by atoms with Gasteiger partial charge in [0.1, 0.15) is 5.69 Å². The Kier molecular flexibility index (Phi) is 7.14. The smallest absolute Gasteiger partial charge is 0.222 e. The number of aliphatic hydroxyl groups is 1. The summed E-state index contributed by atoms with van der Waals surface area (Å²) in [5.74, 6) is 0.192. The second kappa shape index (κ2) is 9.10. The van der Waals surface area contributed by atoms with Gasteiger partial charge in [0.15, 0.2) is 0 Å². The van der Waals surface area contributed by atoms with Crippen LogP contribution >= 0.6 is 0 Å². The summed E-state index contributed by atoms with van der Waals surface area (Å²) in [6, 6.07) is -0.197. The van der Waals surface area contributed by atoms with Gasteiger partial charge in [-0.05, 0) is 20.4 Å². The van der Waals surface area contributed by atoms with Crippen LogP contribution < -0.4 is 5.32 Å². The normalized spacial score (nSPS) is 24.8. The molecule has 1 aromatic rings. The van der Waals surface area contributed by atoms with E-state index in [2.05, 4.69) is 22.6 Å². The van der Waals surface area contributed by atoms with Gasteiger partial charge >= 0.3 is 0 Å². The van der Waals surface area contributed by atoms with E-state index in [9.17, 15) is 9.90 Å². The lowest BCUT2D eigenvalue weighted by molar-refractivity contribution is -0.136. The van der Waals surface area contributed by atoms with Crippen molar-refractivity contribution in [3.8, 4) is 0 Å². The van der Waals surface area contributed by atoms with Gasteiger partial charge in [-0.1, -0.05) is 12.1 Å². The average molecular weight is 339 g/mol. The number of aromatic nitrogens is 3. The van der Waals surface area contributed by atoms with Gasteiger partial charge in [0.05, 0.1) is 31.6 Å². The number of carbonyl (C=O) groups excluding carboxylic acids is 1. The number of nitrogens with zero attached hydrogens (tertiary/aromatic N) is 4. The Hall–Kier alpha value is -1.51. The van der Waals surface area contributed by atoms with Crippen LogP contribution in [0.25, 0.3) is 0 Å². The maximum Gasteiger partial charge on any atom is 0.222 e. The largest absolute Gasteiger partial charge is 0.394 e. The fraction of sp³-hybridized carbons (Fsp3) is 0.812. The highest BCUT2D eigenvalue weighted by molar-refractivity contribution is 5.76. The molecule has 8 nitrogen and oxygen atoms in total. The van der Waals surface area contributed by atoms with E-state index in [0.717, 1.165) is 5.69 Å². The summed E-state index contributed by atoms with van der Waals surface area (Å²) in [5.41, 5.74) is 0.800. The molecule has 0 saturated carbocycles. The van der Waals surface area contributed by atoms with E-state index in [1.54, 1.807) is 9.58 Å². The molecule has 136 valence electrons. The molecule has 0 saturated heterocycles. The summed E-state index contributed by atoms with van der Waals surface area (Å²) in [6.45, 7) is 6.21. The summed E-state index contributed by atoms with van der Waals surface area (Å²) in [7, 11) is 1.88. The number of amides is 1. The third-order valence-corrected chi connectivity index (χ3v) is 4.45. The molecule has 0 unspecified atom stereocenters. The number of fused-ring (bicyclic) bond motifs is 2. The molecule has 2 rings (SSSR count). The fourth-order valence-electron chi connectivity index (χ4n) is 2.92. The van der Waals surface area contributed by atoms with E-state index in [4.69, 9.17) is 4.74 Å². The molecule has 0 fully saturated rings. The first-order valence-electron chi connectivity index (χ1n) is 8.60. The van der Waals surface area contributed by atoms with Crippen molar-refractivity contribution in [2.75, 3.05) is 26.7 Å². The molecular formula is C16H29N5O3. The molecule has 1 aliphatic heterocycles. The van der Waals surface area contributed by atoms with Crippen LogP contribution in [0.15, 0.2) is 6.20 Å². The van der Waals surface area contributed by atoms with E-state index < -0.39 is 0 Å². The van der Waals surface area contributed by atoms with Gasteiger partial charge in [0.2, 0.25) is 5.91 Å². The Bertz CT molecular complexity index is 522. The molecule has 2 heterocycles. The van der Waals surface area contributed by atoms with Gasteiger partial charge in [-0.15, -0.1) is 5.10 Å². The van der Waals surface area contributed by atoms with Gasteiger partial charge < -0.3 is 20.1 Å². The number of carbonyl (C=O) groups is 1. The number of rotatable bonds is 4. The SMILES string of the molecule is CNC[C@@H]1OCc2cn(nn2)CCCC(=O)N([C@H](C)CO)C[C@H]1C. The standard InChI is InChI=1S/C16H29N5O3/c1-12-8-21(13(2)10-22)16(23)5-4-6-20-9-14(18-19-20)11-24-15(12)7-17-3/h9,12-13,15,17,22H,4-8,10-11H2,1-3H3/t12-,13-,15+/m1/s1. The number of likely N-dealkylation sites (N-methyl/N-ethyl adjacent to an activating group) is 1. The summed E-state index contributed by atoms with van der Waals surface area (Å²) >= 11 is 0. The maximum atomic E-state index is 12.6. The molecule has 0 radical (unpaired) electrons. The van der Waals surface area contributed by atoms with E-state index in [1.807, 2.05) is 20.2 Å². The molecule has 2 N–H and O–H groups in total. The van der Waals surface area contributed by atoms with Crippen LogP contribution in [0.5, 0.6) is 0 Å². The molecule has 0 aliphatic carbocycles. The molecule has 2 bridgehead atoms. The molecule has 8 heteroatoms. The van der Waals surface area contributed by atoms with Gasteiger partial charge in [-0.2, -0.15) is 0 Å². The Labute approximate surface area is 143 Å². The quantitative estimate of drug-likeness (QED) is 0.804. The minimum atomic E-state index is -0.197. The second-order valence-electron chi connectivity index (χ2n) is 6.54. The summed E-state index contributed by atoms with van der Waals surface area (Å²) in [4.78, 5) is 14.4. The highest BCUT2D eigenvalue weighted by Crippen LogP contribution is 2.16. The third-order valence-electron chi connectivity index (χ3n) is 4.45. The van der Waals surface area contributed by atoms with E-state index in [0.29, 0.717) is 39.1 Å². The zero-order valence-corrected chi connectivity index (χ0v) is 14.8. The fourth-order valence-corrected chi connectivity index (χ4v) is 2.92. The van der Waals surface area contributed by atoms with E-state index in [-0.39, 0.29) is 30.6 Å². The van der Waals surface area contributed by atoms with Crippen LogP contribution in [-0.2, 0) is 22.7 Å². The van der Waals surface area contributed by atoms with Crippen LogP contribution in [-0.4, -0.2) is 69.8 Å². The minimum Gasteiger partial charge on any atom is -0.394 e. The molecule has 1 aliphatic rings. The predicted molar refractivity (Wildman–Crippen MR) is 89.2 cm³/mol. The summed E-state index contributed by atoms with van der Waals surface area (Å²) in [5, 5.41) is 20.8. The molecule has 1 aromatic heterocycles. The predicted octanol–water partition coefficient (Wildman–Crippen LogP) is 0.0220. The molecule has 24 heavy (non-hydrogen) atoms. The van der Waals surface area contributed by atoms with Crippen LogP contribution in [0.3, 0.4) is 0 Å². The van der Waals surface area contributed by atoms with Crippen molar-refractivity contribution in [3.63, 3.8) is 0 Å². The third kappa shape index (κ3) is 4.99. The Morgan fingerprint density at radius 1 is 1.54 bits per heavy atom. The van der Waals surface area contributed by atoms with Crippen molar-refractivity contribution in [1.82, 2.24) is 25.2 Å². The molecule has 0 spiro atoms. The van der Waals surface area contributed by atoms with Crippen molar-refractivity contribution >= 4 is 5.91 Å². The molecule has 1 amide bonds. The molecule has 3 atom stereocenters. The Balaban J connectivity index is 2.18. The number of nitrogens with one attached hydrogen (secondary N) is 1. The van der Waals surface area contributed by atoms with Crippen LogP contribution in [0.4, 0.5) is 0 Å². The first-order valence-corrected chi connectivity index (χ1v) is 8.60. The summed E-state index contributed by atoms with van der Waals surface area (Å²) < 4.78 is 7.77. The lowest BCUT2D eigenvalue weighted by Gasteiger charge is -2.33. The maximum absolute atomic E-state index is 12.6. The number of hydrogen-bond donors (Lipinski definition) is 2. The lowest BCUT2D eigenvalue weighted by atomic mass is 10.0. The van der Waals surface area contributed by atoms with Crippen molar-refractivity contribution in [3.05, 3.63) is 11.9 Å². The van der Waals surface area contributed by atoms with Crippen molar-refractivity contribution in [1.29, 1.82) is 0 Å². The number of hydrogen-bond acceptors (Lipinski definition) is 6. The topological polar surface area (TPSA) is 92.5 Å². The second-order valence-corrected chi connectivity index (χ2v) is 6.54. The van der Waals surface area contributed by atoms with Crippen molar-refractivity contribution < 1.29 is 14.6 Å². The van der Waals surface area contributed by atoms with Crippen molar-refractivity contribution in [2.24, 2.45) is 5.92 Å². The zero-order chi connectivity index (χ0) is 17.5. The molecule has 0 aromatic carbocycles. The monoisotopic (exact) mass is 339 g/mol. The molecular weight excluding hydrogens is 310 g/mol. The van der Waals surface area contributed by atoms with Crippen LogP contribution in [0.1, 0.15) is 32.4 Å². The van der Waals surface area contributed by atoms with Gasteiger partial charge in [-0.25, -0.2) is 0 Å².